The van der Waals surface area contributed by atoms with Crippen molar-refractivity contribution < 1.29 is 22.4 Å². The summed E-state index contributed by atoms with van der Waals surface area (Å²) in [6.45, 7) is 0. The quantitative estimate of drug-likeness (QED) is 0.346. The molecule has 2 aromatic heterocycles. The van der Waals surface area contributed by atoms with Crippen LogP contribution in [-0.4, -0.2) is 26.3 Å². The highest BCUT2D eigenvalue weighted by atomic mass is 32.2. The van der Waals surface area contributed by atoms with Crippen LogP contribution < -0.4 is 0 Å². The predicted molar refractivity (Wildman–Crippen MR) is 97.6 cm³/mol. The van der Waals surface area contributed by atoms with E-state index in [1.807, 2.05) is 18.2 Å². The fourth-order valence-corrected chi connectivity index (χ4v) is 3.43. The minimum absolute atomic E-state index is 0.0547. The number of hydrogen-bond donors (Lipinski definition) is 0. The summed E-state index contributed by atoms with van der Waals surface area (Å²) in [6, 6.07) is 13.6. The van der Waals surface area contributed by atoms with Gasteiger partial charge >= 0.3 is 6.18 Å². The second-order valence-corrected chi connectivity index (χ2v) is 6.83. The lowest BCUT2D eigenvalue weighted by Crippen LogP contribution is -2.05. The molecule has 0 spiro atoms. The molecule has 0 radical (unpaired) electrons. The number of ketones is 1. The molecule has 2 heterocycles. The molecule has 4 rings (SSSR count). The molecule has 28 heavy (non-hydrogen) atoms. The Bertz CT molecular complexity index is 1100. The molecule has 0 amide bonds. The first kappa shape index (κ1) is 18.3. The summed E-state index contributed by atoms with van der Waals surface area (Å²) in [5, 5.41) is 8.96. The van der Waals surface area contributed by atoms with Gasteiger partial charge in [-0.3, -0.25) is 9.36 Å². The molecular weight excluding hydrogens is 391 g/mol. The van der Waals surface area contributed by atoms with E-state index in [1.165, 1.54) is 23.0 Å². The number of hydrogen-bond acceptors (Lipinski definition) is 5. The number of alkyl halides is 3. The predicted octanol–water partition coefficient (Wildman–Crippen LogP) is 5.01. The van der Waals surface area contributed by atoms with Gasteiger partial charge in [0.15, 0.2) is 10.9 Å². The minimum Gasteiger partial charge on any atom is -0.453 e. The van der Waals surface area contributed by atoms with Crippen molar-refractivity contribution in [2.75, 3.05) is 5.75 Å². The molecule has 5 nitrogen and oxygen atoms in total. The third-order valence-corrected chi connectivity index (χ3v) is 4.97. The number of fused-ring (bicyclic) bond motifs is 1. The van der Waals surface area contributed by atoms with Crippen molar-refractivity contribution in [2.24, 2.45) is 0 Å². The first-order chi connectivity index (χ1) is 13.4. The van der Waals surface area contributed by atoms with Gasteiger partial charge in [0.25, 0.3) is 0 Å². The van der Waals surface area contributed by atoms with Crippen LogP contribution in [0.2, 0.25) is 0 Å². The molecule has 142 valence electrons. The number of para-hydroxylation sites is 1. The summed E-state index contributed by atoms with van der Waals surface area (Å²) in [5.74, 6) is 0.0801. The Morgan fingerprint density at radius 2 is 1.86 bits per heavy atom. The summed E-state index contributed by atoms with van der Waals surface area (Å²) in [5.41, 5.74) is 0.360. The molecule has 9 heteroatoms. The third kappa shape index (κ3) is 3.65. The van der Waals surface area contributed by atoms with Crippen molar-refractivity contribution in [1.82, 2.24) is 14.8 Å². The molecule has 0 saturated carbocycles. The molecule has 2 aromatic carbocycles. The van der Waals surface area contributed by atoms with Crippen molar-refractivity contribution in [3.8, 4) is 5.69 Å². The molecule has 0 aliphatic carbocycles. The Morgan fingerprint density at radius 3 is 2.57 bits per heavy atom. The van der Waals surface area contributed by atoms with E-state index in [0.29, 0.717) is 16.4 Å². The van der Waals surface area contributed by atoms with Crippen LogP contribution in [-0.2, 0) is 6.18 Å². The Labute approximate surface area is 161 Å². The van der Waals surface area contributed by atoms with Gasteiger partial charge in [0, 0.05) is 11.1 Å². The van der Waals surface area contributed by atoms with E-state index >= 15 is 0 Å². The first-order valence-electron chi connectivity index (χ1n) is 8.14. The average Bonchev–Trinajstić information content (AvgIpc) is 3.32. The van der Waals surface area contributed by atoms with E-state index in [1.54, 1.807) is 12.1 Å². The minimum atomic E-state index is -4.40. The molecule has 0 unspecified atom stereocenters. The SMILES string of the molecule is O=C(CSc1nncn1-c1ccc(C(F)(F)F)cc1)c1cc2ccccc2o1. The van der Waals surface area contributed by atoms with Crippen molar-refractivity contribution in [3.05, 3.63) is 72.2 Å². The van der Waals surface area contributed by atoms with Gasteiger partial charge in [-0.1, -0.05) is 30.0 Å². The van der Waals surface area contributed by atoms with Crippen molar-refractivity contribution >= 4 is 28.5 Å². The number of nitrogens with zero attached hydrogens (tertiary/aromatic N) is 3. The third-order valence-electron chi connectivity index (χ3n) is 4.02. The second kappa shape index (κ2) is 7.16. The maximum absolute atomic E-state index is 12.7. The van der Waals surface area contributed by atoms with E-state index in [0.717, 1.165) is 29.3 Å². The van der Waals surface area contributed by atoms with Crippen molar-refractivity contribution in [1.29, 1.82) is 0 Å². The molecular formula is C19H12F3N3O2S. The Balaban J connectivity index is 1.49. The van der Waals surface area contributed by atoms with Crippen molar-refractivity contribution in [2.45, 2.75) is 11.3 Å². The number of thioether (sulfide) groups is 1. The Morgan fingerprint density at radius 1 is 1.11 bits per heavy atom. The van der Waals surface area contributed by atoms with Crippen LogP contribution in [0.15, 0.2) is 70.5 Å². The number of halogens is 3. The number of aromatic nitrogens is 3. The summed E-state index contributed by atoms with van der Waals surface area (Å²) in [7, 11) is 0. The van der Waals surface area contributed by atoms with Gasteiger partial charge in [0.2, 0.25) is 5.78 Å². The number of carbonyl (C=O) groups excluding carboxylic acids is 1. The molecule has 4 aromatic rings. The summed E-state index contributed by atoms with van der Waals surface area (Å²) in [4.78, 5) is 12.4. The zero-order valence-corrected chi connectivity index (χ0v) is 15.0. The van der Waals surface area contributed by atoms with E-state index in [9.17, 15) is 18.0 Å². The number of benzene rings is 2. The maximum atomic E-state index is 12.7. The number of carbonyl (C=O) groups is 1. The largest absolute Gasteiger partial charge is 0.453 e. The molecule has 0 N–H and O–H groups in total. The lowest BCUT2D eigenvalue weighted by Gasteiger charge is -2.09. The second-order valence-electron chi connectivity index (χ2n) is 5.89. The summed E-state index contributed by atoms with van der Waals surface area (Å²) in [6.07, 6.45) is -3.01. The highest BCUT2D eigenvalue weighted by Gasteiger charge is 2.30. The summed E-state index contributed by atoms with van der Waals surface area (Å²) >= 11 is 1.13. The molecule has 0 aliphatic rings. The number of rotatable bonds is 5. The molecule has 0 aliphatic heterocycles. The topological polar surface area (TPSA) is 60.9 Å². The highest BCUT2D eigenvalue weighted by Crippen LogP contribution is 2.30. The van der Waals surface area contributed by atoms with Gasteiger partial charge < -0.3 is 4.42 Å². The highest BCUT2D eigenvalue weighted by molar-refractivity contribution is 7.99. The van der Waals surface area contributed by atoms with E-state index < -0.39 is 11.7 Å². The lowest BCUT2D eigenvalue weighted by molar-refractivity contribution is -0.137. The summed E-state index contributed by atoms with van der Waals surface area (Å²) < 4.78 is 45.2. The van der Waals surface area contributed by atoms with Gasteiger partial charge in [-0.2, -0.15) is 13.2 Å². The molecule has 0 atom stereocenters. The van der Waals surface area contributed by atoms with Gasteiger partial charge in [-0.05, 0) is 36.4 Å². The average molecular weight is 403 g/mol. The van der Waals surface area contributed by atoms with Crippen LogP contribution in [0.5, 0.6) is 0 Å². The van der Waals surface area contributed by atoms with Crippen LogP contribution in [0.4, 0.5) is 13.2 Å². The maximum Gasteiger partial charge on any atom is 0.416 e. The monoisotopic (exact) mass is 403 g/mol. The number of Topliss-reactive ketones (excluding diaryl/α,β-unsaturated/α-hetero) is 1. The fraction of sp³-hybridized carbons (Fsp3) is 0.105. The first-order valence-corrected chi connectivity index (χ1v) is 9.12. The smallest absolute Gasteiger partial charge is 0.416 e. The fourth-order valence-electron chi connectivity index (χ4n) is 2.63. The van der Waals surface area contributed by atoms with Gasteiger partial charge in [0.1, 0.15) is 11.9 Å². The zero-order valence-electron chi connectivity index (χ0n) is 14.2. The molecule has 0 fully saturated rings. The van der Waals surface area contributed by atoms with E-state index in [-0.39, 0.29) is 17.3 Å². The van der Waals surface area contributed by atoms with Crippen LogP contribution in [0.25, 0.3) is 16.7 Å². The Hall–Kier alpha value is -3.07. The Kier molecular flexibility index (Phi) is 4.68. The number of furan rings is 1. The van der Waals surface area contributed by atoms with Crippen LogP contribution in [0.1, 0.15) is 16.1 Å². The van der Waals surface area contributed by atoms with E-state index in [4.69, 9.17) is 4.42 Å². The van der Waals surface area contributed by atoms with Crippen LogP contribution >= 0.6 is 11.8 Å². The van der Waals surface area contributed by atoms with Gasteiger partial charge in [-0.15, -0.1) is 10.2 Å². The lowest BCUT2D eigenvalue weighted by atomic mass is 10.2. The van der Waals surface area contributed by atoms with Crippen LogP contribution in [0.3, 0.4) is 0 Å². The molecule has 0 bridgehead atoms. The standard InChI is InChI=1S/C19H12F3N3O2S/c20-19(21,22)13-5-7-14(8-6-13)25-11-23-24-18(25)28-10-15(26)17-9-12-3-1-2-4-16(12)27-17/h1-9,11H,10H2. The van der Waals surface area contributed by atoms with E-state index in [2.05, 4.69) is 10.2 Å². The molecule has 0 saturated heterocycles. The normalized spacial score (nSPS) is 11.8. The van der Waals surface area contributed by atoms with Gasteiger partial charge in [0.05, 0.1) is 11.3 Å². The van der Waals surface area contributed by atoms with Crippen LogP contribution in [0, 0.1) is 0 Å². The van der Waals surface area contributed by atoms with Crippen molar-refractivity contribution in [3.63, 3.8) is 0 Å². The zero-order chi connectivity index (χ0) is 19.7. The van der Waals surface area contributed by atoms with Gasteiger partial charge in [-0.25, -0.2) is 0 Å².